The summed E-state index contributed by atoms with van der Waals surface area (Å²) in [5.74, 6) is 0.159. The van der Waals surface area contributed by atoms with Gasteiger partial charge in [-0.1, -0.05) is 12.8 Å². The summed E-state index contributed by atoms with van der Waals surface area (Å²) >= 11 is 0. The first-order valence-electron chi connectivity index (χ1n) is 6.29. The van der Waals surface area contributed by atoms with Gasteiger partial charge in [0.05, 0.1) is 13.2 Å². The van der Waals surface area contributed by atoms with Crippen LogP contribution in [0.3, 0.4) is 0 Å². The number of rotatable bonds is 7. The summed E-state index contributed by atoms with van der Waals surface area (Å²) < 4.78 is 5.22. The third-order valence-corrected chi connectivity index (χ3v) is 3.10. The molecule has 0 bridgehead atoms. The quantitative estimate of drug-likeness (QED) is 0.661. The molecule has 1 aliphatic carbocycles. The summed E-state index contributed by atoms with van der Waals surface area (Å²) in [5, 5.41) is 3.32. The minimum atomic E-state index is 0.159. The second-order valence-corrected chi connectivity index (χ2v) is 4.37. The van der Waals surface area contributed by atoms with E-state index in [0.29, 0.717) is 32.3 Å². The van der Waals surface area contributed by atoms with Crippen LogP contribution in [0.25, 0.3) is 0 Å². The predicted molar refractivity (Wildman–Crippen MR) is 64.4 cm³/mol. The first-order chi connectivity index (χ1) is 7.74. The normalized spacial score (nSPS) is 16.6. The van der Waals surface area contributed by atoms with Crippen LogP contribution in [-0.2, 0) is 9.53 Å². The molecule has 1 rings (SSSR count). The summed E-state index contributed by atoms with van der Waals surface area (Å²) in [6.07, 6.45) is 5.03. The molecule has 16 heavy (non-hydrogen) atoms. The Kier molecular flexibility index (Phi) is 6.42. The molecule has 0 aliphatic heterocycles. The molecule has 0 aromatic rings. The van der Waals surface area contributed by atoms with Crippen molar-refractivity contribution in [2.75, 3.05) is 33.4 Å². The maximum absolute atomic E-state index is 11.7. The Bertz CT molecular complexity index is 203. The summed E-state index contributed by atoms with van der Waals surface area (Å²) in [5.41, 5.74) is 0. The zero-order valence-electron chi connectivity index (χ0n) is 10.5. The van der Waals surface area contributed by atoms with Crippen molar-refractivity contribution in [1.29, 1.82) is 0 Å². The van der Waals surface area contributed by atoms with Gasteiger partial charge in [0.2, 0.25) is 5.91 Å². The molecule has 4 nitrogen and oxygen atoms in total. The highest BCUT2D eigenvalue weighted by Crippen LogP contribution is 2.17. The number of ether oxygens (including phenoxy) is 1. The third kappa shape index (κ3) is 4.94. The van der Waals surface area contributed by atoms with E-state index in [2.05, 4.69) is 5.32 Å². The van der Waals surface area contributed by atoms with E-state index < -0.39 is 0 Å². The van der Waals surface area contributed by atoms with Crippen LogP contribution in [-0.4, -0.2) is 50.2 Å². The summed E-state index contributed by atoms with van der Waals surface area (Å²) in [6, 6.07) is 0.559. The Morgan fingerprint density at radius 2 is 2.12 bits per heavy atom. The Morgan fingerprint density at radius 3 is 2.75 bits per heavy atom. The van der Waals surface area contributed by atoms with Crippen LogP contribution < -0.4 is 5.32 Å². The van der Waals surface area contributed by atoms with Gasteiger partial charge in [0.25, 0.3) is 0 Å². The lowest BCUT2D eigenvalue weighted by Crippen LogP contribution is -2.40. The molecule has 0 spiro atoms. The third-order valence-electron chi connectivity index (χ3n) is 3.10. The van der Waals surface area contributed by atoms with Crippen molar-refractivity contribution < 1.29 is 9.53 Å². The van der Waals surface area contributed by atoms with E-state index in [0.717, 1.165) is 0 Å². The van der Waals surface area contributed by atoms with E-state index in [4.69, 9.17) is 4.74 Å². The van der Waals surface area contributed by atoms with Crippen molar-refractivity contribution in [1.82, 2.24) is 10.2 Å². The van der Waals surface area contributed by atoms with Crippen LogP contribution in [0.5, 0.6) is 0 Å². The van der Waals surface area contributed by atoms with E-state index in [1.54, 1.807) is 4.90 Å². The van der Waals surface area contributed by atoms with Gasteiger partial charge in [0, 0.05) is 26.2 Å². The zero-order chi connectivity index (χ0) is 11.8. The lowest BCUT2D eigenvalue weighted by atomic mass is 10.2. The number of carbonyl (C=O) groups is 1. The lowest BCUT2D eigenvalue weighted by Gasteiger charge is -2.19. The van der Waals surface area contributed by atoms with Crippen molar-refractivity contribution in [2.45, 2.75) is 38.6 Å². The zero-order valence-corrected chi connectivity index (χ0v) is 10.5. The van der Waals surface area contributed by atoms with Gasteiger partial charge >= 0.3 is 0 Å². The van der Waals surface area contributed by atoms with Crippen LogP contribution >= 0.6 is 0 Å². The maximum atomic E-state index is 11.7. The highest BCUT2D eigenvalue weighted by molar-refractivity contribution is 5.77. The van der Waals surface area contributed by atoms with Crippen molar-refractivity contribution in [3.8, 4) is 0 Å². The van der Waals surface area contributed by atoms with Crippen molar-refractivity contribution in [2.24, 2.45) is 0 Å². The van der Waals surface area contributed by atoms with Crippen molar-refractivity contribution in [3.63, 3.8) is 0 Å². The second-order valence-electron chi connectivity index (χ2n) is 4.37. The van der Waals surface area contributed by atoms with Gasteiger partial charge in [0.1, 0.15) is 0 Å². The molecule has 1 amide bonds. The van der Waals surface area contributed by atoms with Crippen LogP contribution in [0.15, 0.2) is 0 Å². The van der Waals surface area contributed by atoms with Gasteiger partial charge < -0.3 is 15.0 Å². The number of amides is 1. The number of nitrogens with one attached hydrogen (secondary N) is 1. The van der Waals surface area contributed by atoms with Gasteiger partial charge in [-0.05, 0) is 19.8 Å². The Balaban J connectivity index is 2.08. The minimum Gasteiger partial charge on any atom is -0.380 e. The average molecular weight is 228 g/mol. The molecule has 1 saturated carbocycles. The molecule has 1 aliphatic rings. The van der Waals surface area contributed by atoms with E-state index in [1.807, 2.05) is 14.0 Å². The molecule has 94 valence electrons. The number of likely N-dealkylation sites (N-methyl/N-ethyl adjacent to an activating group) is 1. The fraction of sp³-hybridized carbons (Fsp3) is 0.917. The molecule has 0 heterocycles. The van der Waals surface area contributed by atoms with Crippen LogP contribution in [0, 0.1) is 0 Å². The lowest BCUT2D eigenvalue weighted by molar-refractivity contribution is -0.129. The number of nitrogens with zero attached hydrogens (tertiary/aromatic N) is 1. The smallest absolute Gasteiger partial charge is 0.236 e. The largest absolute Gasteiger partial charge is 0.380 e. The Morgan fingerprint density at radius 1 is 1.44 bits per heavy atom. The molecule has 0 aromatic carbocycles. The monoisotopic (exact) mass is 228 g/mol. The highest BCUT2D eigenvalue weighted by Gasteiger charge is 2.16. The van der Waals surface area contributed by atoms with Crippen LogP contribution in [0.1, 0.15) is 32.6 Å². The highest BCUT2D eigenvalue weighted by atomic mass is 16.5. The SMILES string of the molecule is CCOCCN(C)C(=O)CNC1CCCC1. The Labute approximate surface area is 98.3 Å². The molecule has 0 atom stereocenters. The number of hydrogen-bond donors (Lipinski definition) is 1. The first-order valence-corrected chi connectivity index (χ1v) is 6.29. The average Bonchev–Trinajstić information content (AvgIpc) is 2.79. The summed E-state index contributed by atoms with van der Waals surface area (Å²) in [7, 11) is 1.83. The maximum Gasteiger partial charge on any atom is 0.236 e. The van der Waals surface area contributed by atoms with Crippen molar-refractivity contribution >= 4 is 5.91 Å². The first kappa shape index (κ1) is 13.5. The fourth-order valence-corrected chi connectivity index (χ4v) is 1.97. The van der Waals surface area contributed by atoms with E-state index in [9.17, 15) is 4.79 Å². The topological polar surface area (TPSA) is 41.6 Å². The molecule has 1 fully saturated rings. The van der Waals surface area contributed by atoms with Crippen molar-refractivity contribution in [3.05, 3.63) is 0 Å². The van der Waals surface area contributed by atoms with Gasteiger partial charge in [-0.15, -0.1) is 0 Å². The van der Waals surface area contributed by atoms with E-state index >= 15 is 0 Å². The fourth-order valence-electron chi connectivity index (χ4n) is 1.97. The molecular formula is C12H24N2O2. The number of carbonyl (C=O) groups excluding carboxylic acids is 1. The molecule has 0 saturated heterocycles. The second kappa shape index (κ2) is 7.63. The minimum absolute atomic E-state index is 0.159. The van der Waals surface area contributed by atoms with Gasteiger partial charge in [-0.2, -0.15) is 0 Å². The molecule has 4 heteroatoms. The molecule has 0 aromatic heterocycles. The summed E-state index contributed by atoms with van der Waals surface area (Å²) in [4.78, 5) is 13.4. The summed E-state index contributed by atoms with van der Waals surface area (Å²) in [6.45, 7) is 4.44. The number of hydrogen-bond acceptors (Lipinski definition) is 3. The standard InChI is InChI=1S/C12H24N2O2/c1-3-16-9-8-14(2)12(15)10-13-11-6-4-5-7-11/h11,13H,3-10H2,1-2H3. The Hall–Kier alpha value is -0.610. The molecule has 1 N–H and O–H groups in total. The van der Waals surface area contributed by atoms with Crippen LogP contribution in [0.2, 0.25) is 0 Å². The molecule has 0 radical (unpaired) electrons. The van der Waals surface area contributed by atoms with Gasteiger partial charge in [-0.3, -0.25) is 4.79 Å². The molecular weight excluding hydrogens is 204 g/mol. The van der Waals surface area contributed by atoms with Gasteiger partial charge in [0.15, 0.2) is 0 Å². The molecule has 0 unspecified atom stereocenters. The van der Waals surface area contributed by atoms with Crippen LogP contribution in [0.4, 0.5) is 0 Å². The predicted octanol–water partition coefficient (Wildman–Crippen LogP) is 1.01. The van der Waals surface area contributed by atoms with E-state index in [-0.39, 0.29) is 5.91 Å². The van der Waals surface area contributed by atoms with E-state index in [1.165, 1.54) is 25.7 Å². The van der Waals surface area contributed by atoms with Gasteiger partial charge in [-0.25, -0.2) is 0 Å².